The van der Waals surface area contributed by atoms with Gasteiger partial charge >= 0.3 is 0 Å². The largest absolute Gasteiger partial charge is 0.397 e. The molecule has 0 aromatic heterocycles. The summed E-state index contributed by atoms with van der Waals surface area (Å²) in [5.74, 6) is 0. The Labute approximate surface area is 117 Å². The normalized spacial score (nSPS) is 20.9. The van der Waals surface area contributed by atoms with Crippen molar-refractivity contribution in [2.45, 2.75) is 13.0 Å². The maximum atomic E-state index is 5.92. The summed E-state index contributed by atoms with van der Waals surface area (Å²) in [4.78, 5) is 2.40. The van der Waals surface area contributed by atoms with E-state index in [2.05, 4.69) is 33.1 Å². The SMILES string of the molecule is CCN1CCOC(CNc2cc(Br)ccc2N)C1. The van der Waals surface area contributed by atoms with Crippen LogP contribution >= 0.6 is 15.9 Å². The number of morpholine rings is 1. The first-order valence-electron chi connectivity index (χ1n) is 6.32. The number of nitrogens with two attached hydrogens (primary N) is 1. The van der Waals surface area contributed by atoms with Crippen molar-refractivity contribution < 1.29 is 4.74 Å². The molecule has 100 valence electrons. The molecule has 1 saturated heterocycles. The van der Waals surface area contributed by atoms with Gasteiger partial charge in [-0.25, -0.2) is 0 Å². The second kappa shape index (κ2) is 6.41. The van der Waals surface area contributed by atoms with Crippen molar-refractivity contribution in [1.29, 1.82) is 0 Å². The fraction of sp³-hybridized carbons (Fsp3) is 0.538. The molecular formula is C13H20BrN3O. The van der Waals surface area contributed by atoms with E-state index in [0.717, 1.165) is 48.6 Å². The summed E-state index contributed by atoms with van der Waals surface area (Å²) >= 11 is 3.45. The second-order valence-corrected chi connectivity index (χ2v) is 5.41. The van der Waals surface area contributed by atoms with Crippen LogP contribution in [-0.2, 0) is 4.74 Å². The third kappa shape index (κ3) is 3.60. The highest BCUT2D eigenvalue weighted by molar-refractivity contribution is 9.10. The molecule has 1 unspecified atom stereocenters. The van der Waals surface area contributed by atoms with E-state index >= 15 is 0 Å². The van der Waals surface area contributed by atoms with Gasteiger partial charge in [0.2, 0.25) is 0 Å². The van der Waals surface area contributed by atoms with Crippen LogP contribution in [0, 0.1) is 0 Å². The zero-order valence-corrected chi connectivity index (χ0v) is 12.2. The molecule has 0 bridgehead atoms. The number of likely N-dealkylation sites (N-methyl/N-ethyl adjacent to an activating group) is 1. The first-order valence-corrected chi connectivity index (χ1v) is 7.11. The Bertz CT molecular complexity index is 400. The zero-order chi connectivity index (χ0) is 13.0. The lowest BCUT2D eigenvalue weighted by molar-refractivity contribution is -0.0191. The molecule has 1 aromatic carbocycles. The lowest BCUT2D eigenvalue weighted by atomic mass is 10.2. The number of nitrogens with zero attached hydrogens (tertiary/aromatic N) is 1. The van der Waals surface area contributed by atoms with Gasteiger partial charge < -0.3 is 15.8 Å². The molecule has 1 atom stereocenters. The Morgan fingerprint density at radius 1 is 1.56 bits per heavy atom. The standard InChI is InChI=1S/C13H20BrN3O/c1-2-17-5-6-18-11(9-17)8-16-13-7-10(14)3-4-12(13)15/h3-4,7,11,16H,2,5-6,8-9,15H2,1H3. The van der Waals surface area contributed by atoms with E-state index < -0.39 is 0 Å². The van der Waals surface area contributed by atoms with E-state index in [4.69, 9.17) is 10.5 Å². The Balaban J connectivity index is 1.89. The van der Waals surface area contributed by atoms with Crippen LogP contribution in [0.25, 0.3) is 0 Å². The first kappa shape index (κ1) is 13.6. The molecule has 0 amide bonds. The molecule has 3 N–H and O–H groups in total. The fourth-order valence-electron chi connectivity index (χ4n) is 2.10. The van der Waals surface area contributed by atoms with Crippen LogP contribution in [-0.4, -0.2) is 43.8 Å². The summed E-state index contributed by atoms with van der Waals surface area (Å²) in [6.45, 7) is 6.88. The Morgan fingerprint density at radius 2 is 2.39 bits per heavy atom. The summed E-state index contributed by atoms with van der Waals surface area (Å²) in [6.07, 6.45) is 0.233. The quantitative estimate of drug-likeness (QED) is 0.836. The number of rotatable bonds is 4. The summed E-state index contributed by atoms with van der Waals surface area (Å²) in [5.41, 5.74) is 7.65. The van der Waals surface area contributed by atoms with E-state index in [0.29, 0.717) is 0 Å². The van der Waals surface area contributed by atoms with Gasteiger partial charge in [-0.1, -0.05) is 22.9 Å². The lowest BCUT2D eigenvalue weighted by Crippen LogP contribution is -2.45. The summed E-state index contributed by atoms with van der Waals surface area (Å²) in [7, 11) is 0. The Kier molecular flexibility index (Phi) is 4.86. The topological polar surface area (TPSA) is 50.5 Å². The summed E-state index contributed by atoms with van der Waals surface area (Å²) < 4.78 is 6.77. The van der Waals surface area contributed by atoms with Gasteiger partial charge in [-0.05, 0) is 24.7 Å². The van der Waals surface area contributed by atoms with Crippen LogP contribution in [0.2, 0.25) is 0 Å². The van der Waals surface area contributed by atoms with Crippen LogP contribution < -0.4 is 11.1 Å². The number of anilines is 2. The fourth-order valence-corrected chi connectivity index (χ4v) is 2.46. The number of benzene rings is 1. The molecule has 1 aliphatic rings. The smallest absolute Gasteiger partial charge is 0.0874 e. The molecule has 1 fully saturated rings. The van der Waals surface area contributed by atoms with Crippen LogP contribution in [0.1, 0.15) is 6.92 Å². The average molecular weight is 314 g/mol. The highest BCUT2D eigenvalue weighted by Crippen LogP contribution is 2.23. The van der Waals surface area contributed by atoms with Gasteiger partial charge in [0.15, 0.2) is 0 Å². The number of hydrogen-bond donors (Lipinski definition) is 2. The molecule has 4 nitrogen and oxygen atoms in total. The van der Waals surface area contributed by atoms with Crippen LogP contribution in [0.4, 0.5) is 11.4 Å². The number of ether oxygens (including phenoxy) is 1. The molecule has 1 heterocycles. The van der Waals surface area contributed by atoms with Crippen molar-refractivity contribution in [3.8, 4) is 0 Å². The minimum Gasteiger partial charge on any atom is -0.397 e. The van der Waals surface area contributed by atoms with Crippen molar-refractivity contribution >= 4 is 27.3 Å². The molecule has 5 heteroatoms. The van der Waals surface area contributed by atoms with Gasteiger partial charge in [-0.3, -0.25) is 4.90 Å². The molecule has 1 aliphatic heterocycles. The van der Waals surface area contributed by atoms with Crippen molar-refractivity contribution in [1.82, 2.24) is 4.90 Å². The third-order valence-corrected chi connectivity index (χ3v) is 3.70. The minimum absolute atomic E-state index is 0.233. The van der Waals surface area contributed by atoms with E-state index in [-0.39, 0.29) is 6.10 Å². The Hall–Kier alpha value is -0.780. The number of halogens is 1. The molecule has 2 rings (SSSR count). The average Bonchev–Trinajstić information content (AvgIpc) is 2.40. The number of hydrogen-bond acceptors (Lipinski definition) is 4. The van der Waals surface area contributed by atoms with E-state index in [1.807, 2.05) is 18.2 Å². The predicted octanol–water partition coefficient (Wildman–Crippen LogP) is 2.16. The molecule has 0 spiro atoms. The molecule has 0 saturated carbocycles. The Morgan fingerprint density at radius 3 is 3.17 bits per heavy atom. The molecule has 1 aromatic rings. The van der Waals surface area contributed by atoms with Crippen molar-refractivity contribution in [2.75, 3.05) is 43.8 Å². The summed E-state index contributed by atoms with van der Waals surface area (Å²) in [5, 5.41) is 3.36. The van der Waals surface area contributed by atoms with Crippen LogP contribution in [0.15, 0.2) is 22.7 Å². The maximum Gasteiger partial charge on any atom is 0.0874 e. The van der Waals surface area contributed by atoms with Gasteiger partial charge in [0.1, 0.15) is 0 Å². The van der Waals surface area contributed by atoms with E-state index in [1.165, 1.54) is 0 Å². The molecule has 18 heavy (non-hydrogen) atoms. The highest BCUT2D eigenvalue weighted by Gasteiger charge is 2.19. The maximum absolute atomic E-state index is 5.92. The van der Waals surface area contributed by atoms with Gasteiger partial charge in [0.05, 0.1) is 24.1 Å². The minimum atomic E-state index is 0.233. The number of nitrogen functional groups attached to an aromatic ring is 1. The predicted molar refractivity (Wildman–Crippen MR) is 78.9 cm³/mol. The van der Waals surface area contributed by atoms with Gasteiger partial charge in [0, 0.05) is 24.1 Å². The van der Waals surface area contributed by atoms with Crippen molar-refractivity contribution in [3.05, 3.63) is 22.7 Å². The van der Waals surface area contributed by atoms with Gasteiger partial charge in [0.25, 0.3) is 0 Å². The van der Waals surface area contributed by atoms with Crippen LogP contribution in [0.5, 0.6) is 0 Å². The monoisotopic (exact) mass is 313 g/mol. The zero-order valence-electron chi connectivity index (χ0n) is 10.7. The molecular weight excluding hydrogens is 294 g/mol. The van der Waals surface area contributed by atoms with Crippen molar-refractivity contribution in [2.24, 2.45) is 0 Å². The molecule has 0 radical (unpaired) electrons. The van der Waals surface area contributed by atoms with E-state index in [9.17, 15) is 0 Å². The third-order valence-electron chi connectivity index (χ3n) is 3.21. The first-order chi connectivity index (χ1) is 8.69. The van der Waals surface area contributed by atoms with Crippen LogP contribution in [0.3, 0.4) is 0 Å². The number of nitrogens with one attached hydrogen (secondary N) is 1. The second-order valence-electron chi connectivity index (χ2n) is 4.50. The highest BCUT2D eigenvalue weighted by atomic mass is 79.9. The van der Waals surface area contributed by atoms with Gasteiger partial charge in [-0.2, -0.15) is 0 Å². The van der Waals surface area contributed by atoms with E-state index in [1.54, 1.807) is 0 Å². The van der Waals surface area contributed by atoms with Gasteiger partial charge in [-0.15, -0.1) is 0 Å². The summed E-state index contributed by atoms with van der Waals surface area (Å²) in [6, 6.07) is 5.83. The van der Waals surface area contributed by atoms with Crippen molar-refractivity contribution in [3.63, 3.8) is 0 Å². The lowest BCUT2D eigenvalue weighted by Gasteiger charge is -2.32. The molecule has 0 aliphatic carbocycles.